The van der Waals surface area contributed by atoms with Crippen molar-refractivity contribution in [1.29, 1.82) is 0 Å². The smallest absolute Gasteiger partial charge is 0.236 e. The molecule has 0 aliphatic rings. The SMILES string of the molecule is Cc1c(OCc2nnc(SCC(=O)Nc3nncs3)n2C)ccc2ccccc12. The number of fused-ring (bicyclic) bond motifs is 1. The van der Waals surface area contributed by atoms with Crippen LogP contribution in [0.4, 0.5) is 5.13 Å². The van der Waals surface area contributed by atoms with Crippen LogP contribution >= 0.6 is 23.1 Å². The molecule has 0 saturated heterocycles. The van der Waals surface area contributed by atoms with E-state index in [4.69, 9.17) is 4.74 Å². The molecule has 8 nitrogen and oxygen atoms in total. The third-order valence-electron chi connectivity index (χ3n) is 4.37. The average Bonchev–Trinajstić information content (AvgIpc) is 3.36. The minimum absolute atomic E-state index is 0.167. The van der Waals surface area contributed by atoms with E-state index in [9.17, 15) is 4.79 Å². The van der Waals surface area contributed by atoms with Crippen molar-refractivity contribution >= 4 is 44.9 Å². The molecule has 0 spiro atoms. The summed E-state index contributed by atoms with van der Waals surface area (Å²) < 4.78 is 7.83. The van der Waals surface area contributed by atoms with Gasteiger partial charge in [-0.25, -0.2) is 0 Å². The van der Waals surface area contributed by atoms with Crippen molar-refractivity contribution in [3.63, 3.8) is 0 Å². The van der Waals surface area contributed by atoms with Crippen LogP contribution in [0.25, 0.3) is 10.8 Å². The zero-order valence-corrected chi connectivity index (χ0v) is 17.5. The van der Waals surface area contributed by atoms with Crippen LogP contribution in [0.2, 0.25) is 0 Å². The highest BCUT2D eigenvalue weighted by Crippen LogP contribution is 2.27. The number of ether oxygens (including phenoxy) is 1. The van der Waals surface area contributed by atoms with Gasteiger partial charge in [-0.05, 0) is 29.3 Å². The summed E-state index contributed by atoms with van der Waals surface area (Å²) in [5, 5.41) is 22.0. The van der Waals surface area contributed by atoms with Crippen LogP contribution < -0.4 is 10.1 Å². The first-order valence-corrected chi connectivity index (χ1v) is 10.7. The largest absolute Gasteiger partial charge is 0.485 e. The molecule has 0 atom stereocenters. The summed E-state index contributed by atoms with van der Waals surface area (Å²) >= 11 is 2.58. The molecule has 1 amide bonds. The monoisotopic (exact) mass is 426 g/mol. The number of benzene rings is 2. The lowest BCUT2D eigenvalue weighted by Crippen LogP contribution is -2.14. The van der Waals surface area contributed by atoms with Crippen molar-refractivity contribution in [2.75, 3.05) is 11.1 Å². The van der Waals surface area contributed by atoms with Gasteiger partial charge in [-0.3, -0.25) is 10.1 Å². The Labute approximate surface area is 175 Å². The summed E-state index contributed by atoms with van der Waals surface area (Å²) in [6.45, 7) is 2.34. The molecule has 2 aromatic heterocycles. The van der Waals surface area contributed by atoms with Gasteiger partial charge in [0.25, 0.3) is 0 Å². The van der Waals surface area contributed by atoms with Crippen molar-refractivity contribution in [2.45, 2.75) is 18.7 Å². The fraction of sp³-hybridized carbons (Fsp3) is 0.211. The third kappa shape index (κ3) is 4.38. The van der Waals surface area contributed by atoms with Crippen LogP contribution in [0, 0.1) is 6.92 Å². The lowest BCUT2D eigenvalue weighted by molar-refractivity contribution is -0.113. The molecule has 29 heavy (non-hydrogen) atoms. The molecular formula is C19H18N6O2S2. The number of aromatic nitrogens is 5. The Morgan fingerprint density at radius 1 is 1.21 bits per heavy atom. The van der Waals surface area contributed by atoms with Crippen LogP contribution in [-0.4, -0.2) is 36.6 Å². The Balaban J connectivity index is 1.37. The number of anilines is 1. The zero-order chi connectivity index (χ0) is 20.2. The number of amides is 1. The molecule has 0 radical (unpaired) electrons. The molecule has 0 aliphatic heterocycles. The average molecular weight is 427 g/mol. The van der Waals surface area contributed by atoms with Crippen LogP contribution in [0.5, 0.6) is 5.75 Å². The predicted molar refractivity (Wildman–Crippen MR) is 113 cm³/mol. The number of aryl methyl sites for hydroxylation is 1. The second-order valence-electron chi connectivity index (χ2n) is 6.24. The summed E-state index contributed by atoms with van der Waals surface area (Å²) in [4.78, 5) is 12.0. The van der Waals surface area contributed by atoms with Gasteiger partial charge in [0.1, 0.15) is 17.9 Å². The summed E-state index contributed by atoms with van der Waals surface area (Å²) in [5.74, 6) is 1.54. The Kier molecular flexibility index (Phi) is 5.72. The molecule has 0 bridgehead atoms. The maximum atomic E-state index is 12.0. The van der Waals surface area contributed by atoms with E-state index in [-0.39, 0.29) is 11.7 Å². The van der Waals surface area contributed by atoms with Crippen LogP contribution in [0.1, 0.15) is 11.4 Å². The number of carbonyl (C=O) groups excluding carboxylic acids is 1. The van der Waals surface area contributed by atoms with Gasteiger partial charge < -0.3 is 9.30 Å². The Hall–Kier alpha value is -2.98. The molecule has 0 fully saturated rings. The van der Waals surface area contributed by atoms with Crippen molar-refractivity contribution < 1.29 is 9.53 Å². The highest BCUT2D eigenvalue weighted by molar-refractivity contribution is 7.99. The van der Waals surface area contributed by atoms with E-state index < -0.39 is 0 Å². The van der Waals surface area contributed by atoms with Crippen molar-refractivity contribution in [3.8, 4) is 5.75 Å². The first-order valence-electron chi connectivity index (χ1n) is 8.80. The summed E-state index contributed by atoms with van der Waals surface area (Å²) in [6, 6.07) is 12.2. The molecule has 0 saturated carbocycles. The molecular weight excluding hydrogens is 408 g/mol. The normalized spacial score (nSPS) is 11.0. The van der Waals surface area contributed by atoms with Crippen molar-refractivity contribution in [2.24, 2.45) is 7.05 Å². The zero-order valence-electron chi connectivity index (χ0n) is 15.8. The minimum atomic E-state index is -0.167. The van der Waals surface area contributed by atoms with Gasteiger partial charge in [0.05, 0.1) is 5.75 Å². The fourth-order valence-corrected chi connectivity index (χ4v) is 4.01. The van der Waals surface area contributed by atoms with Gasteiger partial charge in [0.15, 0.2) is 11.0 Å². The Bertz CT molecular complexity index is 1140. The number of nitrogens with one attached hydrogen (secondary N) is 1. The van der Waals surface area contributed by atoms with E-state index in [2.05, 4.69) is 37.8 Å². The molecule has 148 valence electrons. The number of rotatable bonds is 7. The number of carbonyl (C=O) groups is 1. The van der Waals surface area contributed by atoms with Crippen LogP contribution in [0.15, 0.2) is 47.1 Å². The van der Waals surface area contributed by atoms with E-state index in [1.54, 1.807) is 5.51 Å². The molecule has 4 aromatic rings. The van der Waals surface area contributed by atoms with Crippen LogP contribution in [0.3, 0.4) is 0 Å². The first kappa shape index (κ1) is 19.3. The minimum Gasteiger partial charge on any atom is -0.485 e. The number of hydrogen-bond acceptors (Lipinski definition) is 8. The maximum Gasteiger partial charge on any atom is 0.236 e. The van der Waals surface area contributed by atoms with E-state index in [0.717, 1.165) is 11.3 Å². The second kappa shape index (κ2) is 8.58. The molecule has 2 heterocycles. The van der Waals surface area contributed by atoms with Gasteiger partial charge >= 0.3 is 0 Å². The Morgan fingerprint density at radius 2 is 2.07 bits per heavy atom. The lowest BCUT2D eigenvalue weighted by Gasteiger charge is -2.11. The number of nitrogens with zero attached hydrogens (tertiary/aromatic N) is 5. The topological polar surface area (TPSA) is 94.8 Å². The van der Waals surface area contributed by atoms with E-state index in [1.165, 1.54) is 33.9 Å². The molecule has 4 rings (SSSR count). The van der Waals surface area contributed by atoms with Crippen molar-refractivity contribution in [3.05, 3.63) is 53.3 Å². The van der Waals surface area contributed by atoms with Crippen LogP contribution in [-0.2, 0) is 18.4 Å². The molecule has 10 heteroatoms. The van der Waals surface area contributed by atoms with Crippen molar-refractivity contribution in [1.82, 2.24) is 25.0 Å². The van der Waals surface area contributed by atoms with Gasteiger partial charge in [-0.15, -0.1) is 20.4 Å². The summed E-state index contributed by atoms with van der Waals surface area (Å²) in [5.41, 5.74) is 2.66. The lowest BCUT2D eigenvalue weighted by atomic mass is 10.0. The molecule has 0 unspecified atom stereocenters. The molecule has 2 aromatic carbocycles. The highest BCUT2D eigenvalue weighted by atomic mass is 32.2. The third-order valence-corrected chi connectivity index (χ3v) is 6.00. The highest BCUT2D eigenvalue weighted by Gasteiger charge is 2.13. The predicted octanol–water partition coefficient (Wildman–Crippen LogP) is 3.44. The van der Waals surface area contributed by atoms with E-state index >= 15 is 0 Å². The van der Waals surface area contributed by atoms with Gasteiger partial charge in [0.2, 0.25) is 11.0 Å². The van der Waals surface area contributed by atoms with Gasteiger partial charge in [0, 0.05) is 7.05 Å². The standard InChI is InChI=1S/C19H18N6O2S2/c1-12-14-6-4-3-5-13(14)7-8-15(12)27-9-16-22-24-19(25(16)2)28-10-17(26)21-18-23-20-11-29-18/h3-8,11H,9-10H2,1-2H3,(H,21,23,26). The van der Waals surface area contributed by atoms with Gasteiger partial charge in [-0.1, -0.05) is 53.4 Å². The van der Waals surface area contributed by atoms with E-state index in [1.807, 2.05) is 42.8 Å². The first-order chi connectivity index (χ1) is 14.1. The maximum absolute atomic E-state index is 12.0. The van der Waals surface area contributed by atoms with Gasteiger partial charge in [-0.2, -0.15) is 0 Å². The summed E-state index contributed by atoms with van der Waals surface area (Å²) in [6.07, 6.45) is 0. The van der Waals surface area contributed by atoms with E-state index in [0.29, 0.717) is 22.7 Å². The number of thioether (sulfide) groups is 1. The molecule has 0 aliphatic carbocycles. The Morgan fingerprint density at radius 3 is 2.90 bits per heavy atom. The fourth-order valence-electron chi connectivity index (χ4n) is 2.82. The molecule has 1 N–H and O–H groups in total. The summed E-state index contributed by atoms with van der Waals surface area (Å²) in [7, 11) is 1.86. The quantitative estimate of drug-likeness (QED) is 0.452. The number of hydrogen-bond donors (Lipinski definition) is 1. The second-order valence-corrected chi connectivity index (χ2v) is 8.01.